The molecule has 0 amide bonds. The fraction of sp³-hybridized carbons (Fsp3) is 0.462. The molecule has 0 heterocycles. The van der Waals surface area contributed by atoms with Gasteiger partial charge in [-0.15, -0.1) is 0 Å². The van der Waals surface area contributed by atoms with Crippen molar-refractivity contribution in [3.63, 3.8) is 0 Å². The minimum atomic E-state index is -1.26. The number of ether oxygens (including phenoxy) is 2. The van der Waals surface area contributed by atoms with E-state index in [0.29, 0.717) is 0 Å². The number of carbonyl (C=O) groups is 1. The van der Waals surface area contributed by atoms with E-state index >= 15 is 0 Å². The zero-order valence-corrected chi connectivity index (χ0v) is 10.6. The Morgan fingerprint density at radius 3 is 2.47 bits per heavy atom. The molecule has 0 aliphatic rings. The van der Waals surface area contributed by atoms with Crippen molar-refractivity contribution in [2.24, 2.45) is 0 Å². The maximum atomic E-state index is 10.4. The van der Waals surface area contributed by atoms with E-state index in [4.69, 9.17) is 9.84 Å². The number of benzene rings is 1. The van der Waals surface area contributed by atoms with Gasteiger partial charge in [-0.3, -0.25) is 0 Å². The first-order chi connectivity index (χ1) is 7.84. The summed E-state index contributed by atoms with van der Waals surface area (Å²) in [7, 11) is 1.61. The molecule has 0 aromatic heterocycles. The largest absolute Gasteiger partial charge is 0.506 e. The highest BCUT2D eigenvalue weighted by molar-refractivity contribution is 5.57. The molecule has 0 radical (unpaired) electrons. The average Bonchev–Trinajstić information content (AvgIpc) is 2.24. The Morgan fingerprint density at radius 2 is 2.00 bits per heavy atom. The van der Waals surface area contributed by atoms with E-state index in [2.05, 4.69) is 25.5 Å². The predicted octanol–water partition coefficient (Wildman–Crippen LogP) is 3.19. The van der Waals surface area contributed by atoms with Crippen molar-refractivity contribution >= 4 is 6.16 Å². The van der Waals surface area contributed by atoms with Gasteiger partial charge in [-0.25, -0.2) is 4.79 Å². The molecule has 17 heavy (non-hydrogen) atoms. The number of hydrogen-bond acceptors (Lipinski definition) is 3. The third-order valence-corrected chi connectivity index (χ3v) is 2.48. The van der Waals surface area contributed by atoms with E-state index in [1.54, 1.807) is 13.2 Å². The van der Waals surface area contributed by atoms with Gasteiger partial charge in [0.05, 0.1) is 7.11 Å². The summed E-state index contributed by atoms with van der Waals surface area (Å²) in [4.78, 5) is 10.4. The molecule has 0 fully saturated rings. The molecular weight excluding hydrogens is 220 g/mol. The van der Waals surface area contributed by atoms with Crippen molar-refractivity contribution < 1.29 is 19.4 Å². The lowest BCUT2D eigenvalue weighted by molar-refractivity contribution is 0.0849. The number of hydrogen-bond donors (Lipinski definition) is 1. The predicted molar refractivity (Wildman–Crippen MR) is 64.5 cm³/mol. The summed E-state index contributed by atoms with van der Waals surface area (Å²) < 4.78 is 9.79. The Kier molecular flexibility index (Phi) is 3.99. The van der Waals surface area contributed by atoms with Crippen LogP contribution in [0.25, 0.3) is 0 Å². The highest BCUT2D eigenvalue weighted by atomic mass is 16.7. The van der Waals surface area contributed by atoms with Crippen LogP contribution in [-0.4, -0.2) is 18.4 Å². The minimum absolute atomic E-state index is 0.0614. The quantitative estimate of drug-likeness (QED) is 0.822. The zero-order chi connectivity index (χ0) is 13.1. The van der Waals surface area contributed by atoms with Gasteiger partial charge in [0.2, 0.25) is 0 Å². The molecule has 4 nitrogen and oxygen atoms in total. The van der Waals surface area contributed by atoms with E-state index in [0.717, 1.165) is 16.9 Å². The molecule has 0 unspecified atom stereocenters. The van der Waals surface area contributed by atoms with Crippen molar-refractivity contribution in [3.8, 4) is 5.75 Å². The van der Waals surface area contributed by atoms with E-state index in [1.807, 2.05) is 12.1 Å². The Hall–Kier alpha value is -1.71. The van der Waals surface area contributed by atoms with Crippen molar-refractivity contribution in [2.75, 3.05) is 7.11 Å². The molecule has 1 aromatic rings. The van der Waals surface area contributed by atoms with Crippen molar-refractivity contribution in [3.05, 3.63) is 29.3 Å². The maximum Gasteiger partial charge on any atom is 0.506 e. The van der Waals surface area contributed by atoms with Gasteiger partial charge >= 0.3 is 6.16 Å². The van der Waals surface area contributed by atoms with Crippen LogP contribution in [-0.2, 0) is 16.8 Å². The fourth-order valence-electron chi connectivity index (χ4n) is 1.65. The Labute approximate surface area is 101 Å². The van der Waals surface area contributed by atoms with Crippen LogP contribution in [0.5, 0.6) is 5.75 Å². The van der Waals surface area contributed by atoms with Gasteiger partial charge < -0.3 is 14.6 Å². The van der Waals surface area contributed by atoms with Gasteiger partial charge in [0, 0.05) is 0 Å². The lowest BCUT2D eigenvalue weighted by atomic mass is 9.84. The van der Waals surface area contributed by atoms with Crippen LogP contribution in [0.3, 0.4) is 0 Å². The van der Waals surface area contributed by atoms with E-state index in [1.165, 1.54) is 0 Å². The summed E-state index contributed by atoms with van der Waals surface area (Å²) in [5, 5.41) is 8.52. The van der Waals surface area contributed by atoms with Crippen LogP contribution in [0.4, 0.5) is 4.79 Å². The van der Waals surface area contributed by atoms with Crippen LogP contribution in [0.2, 0.25) is 0 Å². The van der Waals surface area contributed by atoms with Crippen LogP contribution in [0, 0.1) is 0 Å². The second-order valence-corrected chi connectivity index (χ2v) is 4.83. The number of methoxy groups -OCH3 is 1. The molecule has 1 rings (SSSR count). The topological polar surface area (TPSA) is 55.8 Å². The average molecular weight is 238 g/mol. The monoisotopic (exact) mass is 238 g/mol. The summed E-state index contributed by atoms with van der Waals surface area (Å²) in [6, 6.07) is 5.55. The molecule has 0 saturated carbocycles. The van der Waals surface area contributed by atoms with Crippen LogP contribution in [0.1, 0.15) is 31.9 Å². The van der Waals surface area contributed by atoms with Gasteiger partial charge in [-0.1, -0.05) is 26.8 Å². The standard InChI is InChI=1S/C13H18O4/c1-13(2,3)11-7-10(16-4)6-5-9(11)8-17-12(14)15/h5-7H,8H2,1-4H3,(H,14,15). The molecule has 4 heteroatoms. The first-order valence-corrected chi connectivity index (χ1v) is 5.37. The summed E-state index contributed by atoms with van der Waals surface area (Å²) in [5.41, 5.74) is 1.80. The van der Waals surface area contributed by atoms with Crippen LogP contribution < -0.4 is 4.74 Å². The molecule has 0 spiro atoms. The van der Waals surface area contributed by atoms with Crippen LogP contribution >= 0.6 is 0 Å². The second kappa shape index (κ2) is 5.08. The Morgan fingerprint density at radius 1 is 1.35 bits per heavy atom. The Bertz CT molecular complexity index is 404. The lowest BCUT2D eigenvalue weighted by Crippen LogP contribution is -2.15. The van der Waals surface area contributed by atoms with Gasteiger partial charge in [0.15, 0.2) is 0 Å². The SMILES string of the molecule is COc1ccc(COC(=O)O)c(C(C)(C)C)c1. The summed E-state index contributed by atoms with van der Waals surface area (Å²) in [6.45, 7) is 6.25. The summed E-state index contributed by atoms with van der Waals surface area (Å²) >= 11 is 0. The maximum absolute atomic E-state index is 10.4. The first-order valence-electron chi connectivity index (χ1n) is 5.37. The third-order valence-electron chi connectivity index (χ3n) is 2.48. The molecule has 0 bridgehead atoms. The molecule has 0 atom stereocenters. The molecule has 1 N–H and O–H groups in total. The molecule has 0 aliphatic carbocycles. The highest BCUT2D eigenvalue weighted by Crippen LogP contribution is 2.29. The molecule has 0 saturated heterocycles. The Balaban J connectivity index is 3.07. The van der Waals surface area contributed by atoms with E-state index in [-0.39, 0.29) is 12.0 Å². The zero-order valence-electron chi connectivity index (χ0n) is 10.6. The minimum Gasteiger partial charge on any atom is -0.497 e. The van der Waals surface area contributed by atoms with Crippen LogP contribution in [0.15, 0.2) is 18.2 Å². The first kappa shape index (κ1) is 13.4. The highest BCUT2D eigenvalue weighted by Gasteiger charge is 2.19. The molecular formula is C13H18O4. The van der Waals surface area contributed by atoms with Crippen molar-refractivity contribution in [2.45, 2.75) is 32.8 Å². The smallest absolute Gasteiger partial charge is 0.497 e. The van der Waals surface area contributed by atoms with E-state index < -0.39 is 6.16 Å². The van der Waals surface area contributed by atoms with Gasteiger partial charge in [-0.2, -0.15) is 0 Å². The lowest BCUT2D eigenvalue weighted by Gasteiger charge is -2.23. The summed E-state index contributed by atoms with van der Waals surface area (Å²) in [5.74, 6) is 0.758. The number of rotatable bonds is 3. The fourth-order valence-corrected chi connectivity index (χ4v) is 1.65. The van der Waals surface area contributed by atoms with E-state index in [9.17, 15) is 4.79 Å². The molecule has 0 aliphatic heterocycles. The van der Waals surface area contributed by atoms with Gasteiger partial charge in [0.25, 0.3) is 0 Å². The van der Waals surface area contributed by atoms with Crippen molar-refractivity contribution in [1.29, 1.82) is 0 Å². The number of carboxylic acid groups (broad SMARTS) is 1. The van der Waals surface area contributed by atoms with Gasteiger partial charge in [0.1, 0.15) is 12.4 Å². The van der Waals surface area contributed by atoms with Gasteiger partial charge in [-0.05, 0) is 28.7 Å². The molecule has 94 valence electrons. The second-order valence-electron chi connectivity index (χ2n) is 4.83. The molecule has 1 aromatic carbocycles. The normalized spacial score (nSPS) is 11.1. The third kappa shape index (κ3) is 3.66. The summed E-state index contributed by atoms with van der Waals surface area (Å²) in [6.07, 6.45) is -1.26. The van der Waals surface area contributed by atoms with Crippen molar-refractivity contribution in [1.82, 2.24) is 0 Å².